The van der Waals surface area contributed by atoms with Crippen LogP contribution in [0.15, 0.2) is 12.1 Å². The SMILES string of the molecule is COc1ccc(C(=O)NNC(=O)C2CC2(F)F)c(OC)c1OC. The normalized spacial score (nSPS) is 17.9. The first-order valence-corrected chi connectivity index (χ1v) is 6.62. The lowest BCUT2D eigenvalue weighted by molar-refractivity contribution is -0.125. The largest absolute Gasteiger partial charge is 0.493 e. The molecular weight excluding hydrogens is 314 g/mol. The Balaban J connectivity index is 2.11. The van der Waals surface area contributed by atoms with Crippen molar-refractivity contribution in [3.05, 3.63) is 17.7 Å². The van der Waals surface area contributed by atoms with Crippen LogP contribution < -0.4 is 25.1 Å². The summed E-state index contributed by atoms with van der Waals surface area (Å²) in [5, 5.41) is 0. The number of hydrazine groups is 1. The summed E-state index contributed by atoms with van der Waals surface area (Å²) in [5.74, 6) is -5.45. The van der Waals surface area contributed by atoms with Crippen LogP contribution in [0, 0.1) is 5.92 Å². The minimum Gasteiger partial charge on any atom is -0.493 e. The van der Waals surface area contributed by atoms with E-state index in [1.165, 1.54) is 33.5 Å². The van der Waals surface area contributed by atoms with Gasteiger partial charge in [-0.3, -0.25) is 20.4 Å². The second kappa shape index (κ2) is 6.27. The van der Waals surface area contributed by atoms with E-state index >= 15 is 0 Å². The van der Waals surface area contributed by atoms with Crippen molar-refractivity contribution < 1.29 is 32.6 Å². The maximum absolute atomic E-state index is 12.8. The summed E-state index contributed by atoms with van der Waals surface area (Å²) < 4.78 is 40.9. The number of halogens is 2. The zero-order valence-corrected chi connectivity index (χ0v) is 12.7. The molecule has 2 amide bonds. The van der Waals surface area contributed by atoms with Gasteiger partial charge in [-0.2, -0.15) is 0 Å². The number of amides is 2. The first-order valence-electron chi connectivity index (χ1n) is 6.62. The van der Waals surface area contributed by atoms with E-state index in [1.807, 2.05) is 5.43 Å². The highest BCUT2D eigenvalue weighted by atomic mass is 19.3. The van der Waals surface area contributed by atoms with E-state index in [9.17, 15) is 18.4 Å². The van der Waals surface area contributed by atoms with Crippen LogP contribution in [0.2, 0.25) is 0 Å². The molecule has 1 fully saturated rings. The molecule has 1 aliphatic carbocycles. The van der Waals surface area contributed by atoms with Gasteiger partial charge in [-0.05, 0) is 12.1 Å². The second-order valence-electron chi connectivity index (χ2n) is 4.84. The lowest BCUT2D eigenvalue weighted by Crippen LogP contribution is -2.43. The molecule has 2 N–H and O–H groups in total. The molecule has 9 heteroatoms. The van der Waals surface area contributed by atoms with Gasteiger partial charge in [-0.15, -0.1) is 0 Å². The number of hydrogen-bond donors (Lipinski definition) is 2. The Bertz CT molecular complexity index is 636. The third-order valence-corrected chi connectivity index (χ3v) is 3.39. The Morgan fingerprint density at radius 3 is 2.17 bits per heavy atom. The molecule has 1 aromatic carbocycles. The molecule has 1 aromatic rings. The Morgan fingerprint density at radius 2 is 1.70 bits per heavy atom. The number of carbonyl (C=O) groups excluding carboxylic acids is 2. The van der Waals surface area contributed by atoms with Crippen LogP contribution in [0.25, 0.3) is 0 Å². The number of alkyl halides is 2. The van der Waals surface area contributed by atoms with Gasteiger partial charge in [0.2, 0.25) is 11.7 Å². The van der Waals surface area contributed by atoms with Gasteiger partial charge >= 0.3 is 0 Å². The van der Waals surface area contributed by atoms with Crippen molar-refractivity contribution in [2.24, 2.45) is 5.92 Å². The molecule has 1 saturated carbocycles. The van der Waals surface area contributed by atoms with Gasteiger partial charge in [0.15, 0.2) is 11.5 Å². The summed E-state index contributed by atoms with van der Waals surface area (Å²) in [7, 11) is 4.13. The molecule has 126 valence electrons. The first kappa shape index (κ1) is 16.8. The predicted octanol–water partition coefficient (Wildman–Crippen LogP) is 1.13. The van der Waals surface area contributed by atoms with Gasteiger partial charge in [0.1, 0.15) is 5.92 Å². The minimum atomic E-state index is -3.00. The van der Waals surface area contributed by atoms with Crippen LogP contribution in [-0.2, 0) is 4.79 Å². The number of methoxy groups -OCH3 is 3. The molecule has 7 nitrogen and oxygen atoms in total. The Morgan fingerprint density at radius 1 is 1.09 bits per heavy atom. The third-order valence-electron chi connectivity index (χ3n) is 3.39. The first-order chi connectivity index (χ1) is 10.9. The Kier molecular flexibility index (Phi) is 4.57. The molecule has 0 heterocycles. The molecule has 1 aliphatic rings. The number of nitrogens with one attached hydrogen (secondary N) is 2. The molecule has 0 saturated heterocycles. The highest BCUT2D eigenvalue weighted by Crippen LogP contribution is 2.48. The summed E-state index contributed by atoms with van der Waals surface area (Å²) >= 11 is 0. The molecule has 2 rings (SSSR count). The van der Waals surface area contributed by atoms with Gasteiger partial charge in [-0.1, -0.05) is 0 Å². The highest BCUT2D eigenvalue weighted by Gasteiger charge is 2.61. The summed E-state index contributed by atoms with van der Waals surface area (Å²) in [5.41, 5.74) is 4.09. The lowest BCUT2D eigenvalue weighted by Gasteiger charge is -2.15. The third kappa shape index (κ3) is 3.27. The summed E-state index contributed by atoms with van der Waals surface area (Å²) in [6.45, 7) is 0. The number of rotatable bonds is 5. The van der Waals surface area contributed by atoms with Gasteiger partial charge in [0, 0.05) is 6.42 Å². The molecule has 23 heavy (non-hydrogen) atoms. The fraction of sp³-hybridized carbons (Fsp3) is 0.429. The zero-order valence-electron chi connectivity index (χ0n) is 12.7. The van der Waals surface area contributed by atoms with Crippen molar-refractivity contribution in [1.29, 1.82) is 0 Å². The Labute approximate surface area is 130 Å². The maximum Gasteiger partial charge on any atom is 0.273 e. The molecule has 0 bridgehead atoms. The van der Waals surface area contributed by atoms with Crippen LogP contribution in [0.3, 0.4) is 0 Å². The van der Waals surface area contributed by atoms with Crippen LogP contribution in [-0.4, -0.2) is 39.1 Å². The quantitative estimate of drug-likeness (QED) is 0.791. The van der Waals surface area contributed by atoms with Crippen molar-refractivity contribution in [3.63, 3.8) is 0 Å². The smallest absolute Gasteiger partial charge is 0.273 e. The minimum absolute atomic E-state index is 0.0491. The van der Waals surface area contributed by atoms with E-state index in [0.29, 0.717) is 5.75 Å². The molecule has 1 atom stereocenters. The number of hydrogen-bond acceptors (Lipinski definition) is 5. The molecule has 0 spiro atoms. The van der Waals surface area contributed by atoms with Crippen molar-refractivity contribution in [2.45, 2.75) is 12.3 Å². The standard InChI is InChI=1S/C14H16F2N2O5/c1-21-9-5-4-7(10(22-2)11(9)23-3)12(19)17-18-13(20)8-6-14(8,15)16/h4-5,8H,6H2,1-3H3,(H,17,19)(H,18,20). The van der Waals surface area contributed by atoms with E-state index in [-0.39, 0.29) is 17.1 Å². The van der Waals surface area contributed by atoms with E-state index < -0.39 is 30.1 Å². The van der Waals surface area contributed by atoms with Crippen molar-refractivity contribution in [2.75, 3.05) is 21.3 Å². The van der Waals surface area contributed by atoms with E-state index in [0.717, 1.165) is 0 Å². The zero-order chi connectivity index (χ0) is 17.2. The Hall–Kier alpha value is -2.58. The summed E-state index contributed by atoms with van der Waals surface area (Å²) in [6.07, 6.45) is -0.519. The van der Waals surface area contributed by atoms with Crippen LogP contribution >= 0.6 is 0 Å². The second-order valence-corrected chi connectivity index (χ2v) is 4.84. The fourth-order valence-corrected chi connectivity index (χ4v) is 2.05. The van der Waals surface area contributed by atoms with E-state index in [1.54, 1.807) is 0 Å². The molecule has 0 radical (unpaired) electrons. The molecular formula is C14H16F2N2O5. The maximum atomic E-state index is 12.8. The number of benzene rings is 1. The predicted molar refractivity (Wildman–Crippen MR) is 74.8 cm³/mol. The van der Waals surface area contributed by atoms with Gasteiger partial charge in [-0.25, -0.2) is 8.78 Å². The van der Waals surface area contributed by atoms with Crippen LogP contribution in [0.4, 0.5) is 8.78 Å². The number of carbonyl (C=O) groups is 2. The molecule has 0 aromatic heterocycles. The average Bonchev–Trinajstić information content (AvgIpc) is 3.19. The molecule has 0 aliphatic heterocycles. The highest BCUT2D eigenvalue weighted by molar-refractivity contribution is 5.99. The van der Waals surface area contributed by atoms with Gasteiger partial charge in [0.05, 0.1) is 26.9 Å². The monoisotopic (exact) mass is 330 g/mol. The van der Waals surface area contributed by atoms with Crippen LogP contribution in [0.5, 0.6) is 17.2 Å². The van der Waals surface area contributed by atoms with Crippen molar-refractivity contribution in [1.82, 2.24) is 10.9 Å². The summed E-state index contributed by atoms with van der Waals surface area (Å²) in [6, 6.07) is 2.88. The van der Waals surface area contributed by atoms with Crippen molar-refractivity contribution in [3.8, 4) is 17.2 Å². The van der Waals surface area contributed by atoms with Gasteiger partial charge < -0.3 is 14.2 Å². The number of ether oxygens (including phenoxy) is 3. The lowest BCUT2D eigenvalue weighted by atomic mass is 10.1. The molecule has 1 unspecified atom stereocenters. The van der Waals surface area contributed by atoms with Crippen LogP contribution in [0.1, 0.15) is 16.8 Å². The fourth-order valence-electron chi connectivity index (χ4n) is 2.05. The summed E-state index contributed by atoms with van der Waals surface area (Å²) in [4.78, 5) is 23.6. The van der Waals surface area contributed by atoms with Gasteiger partial charge in [0.25, 0.3) is 11.8 Å². The van der Waals surface area contributed by atoms with Crippen molar-refractivity contribution >= 4 is 11.8 Å². The topological polar surface area (TPSA) is 85.9 Å². The van der Waals surface area contributed by atoms with E-state index in [4.69, 9.17) is 14.2 Å². The average molecular weight is 330 g/mol. The van der Waals surface area contributed by atoms with E-state index in [2.05, 4.69) is 5.43 Å².